The highest BCUT2D eigenvalue weighted by Crippen LogP contribution is 2.23. The molecule has 0 spiro atoms. The van der Waals surface area contributed by atoms with Gasteiger partial charge in [-0.15, -0.1) is 0 Å². The first-order valence-electron chi connectivity index (χ1n) is 8.28. The van der Waals surface area contributed by atoms with Crippen molar-refractivity contribution in [3.8, 4) is 5.69 Å². The second-order valence-corrected chi connectivity index (χ2v) is 5.94. The summed E-state index contributed by atoms with van der Waals surface area (Å²) in [5.74, 6) is -0.605. The number of methoxy groups -OCH3 is 1. The third-order valence-electron chi connectivity index (χ3n) is 4.18. The Morgan fingerprint density at radius 1 is 1.15 bits per heavy atom. The van der Waals surface area contributed by atoms with Crippen LogP contribution in [0.4, 0.5) is 4.39 Å². The molecular weight excluding hydrogens is 333 g/mol. The number of amides is 1. The highest BCUT2D eigenvalue weighted by molar-refractivity contribution is 5.94. The molecule has 0 saturated carbocycles. The van der Waals surface area contributed by atoms with Gasteiger partial charge in [0.15, 0.2) is 0 Å². The number of hydrogen-bond donors (Lipinski definition) is 1. The lowest BCUT2D eigenvalue weighted by Gasteiger charge is -2.24. The minimum absolute atomic E-state index is 0.247. The Hall–Kier alpha value is -2.99. The molecule has 6 heteroatoms. The van der Waals surface area contributed by atoms with Gasteiger partial charge in [0, 0.05) is 30.6 Å². The number of nitrogens with zero attached hydrogens (tertiary/aromatic N) is 2. The van der Waals surface area contributed by atoms with E-state index in [1.165, 1.54) is 13.2 Å². The molecule has 0 aliphatic rings. The number of carbonyl (C=O) groups excluding carboxylic acids is 1. The van der Waals surface area contributed by atoms with E-state index in [-0.39, 0.29) is 11.7 Å². The van der Waals surface area contributed by atoms with Gasteiger partial charge in [-0.25, -0.2) is 9.07 Å². The summed E-state index contributed by atoms with van der Waals surface area (Å²) in [5, 5.41) is 7.02. The van der Waals surface area contributed by atoms with Crippen molar-refractivity contribution in [2.75, 3.05) is 7.11 Å². The number of aromatic nitrogens is 2. The summed E-state index contributed by atoms with van der Waals surface area (Å²) in [6.07, 6.45) is 2.94. The van der Waals surface area contributed by atoms with Crippen LogP contribution in [0.2, 0.25) is 0 Å². The number of hydrogen-bond acceptors (Lipinski definition) is 3. The Labute approximate surface area is 151 Å². The summed E-state index contributed by atoms with van der Waals surface area (Å²) in [5.41, 5.74) is 1.79. The van der Waals surface area contributed by atoms with E-state index in [4.69, 9.17) is 4.74 Å². The highest BCUT2D eigenvalue weighted by Gasteiger charge is 2.23. The van der Waals surface area contributed by atoms with Gasteiger partial charge in [0.2, 0.25) is 0 Å². The molecule has 0 bridgehead atoms. The minimum atomic E-state index is -0.580. The van der Waals surface area contributed by atoms with E-state index in [1.54, 1.807) is 48.1 Å². The largest absolute Gasteiger partial charge is 0.375 e. The van der Waals surface area contributed by atoms with Gasteiger partial charge in [0.25, 0.3) is 5.91 Å². The van der Waals surface area contributed by atoms with Gasteiger partial charge >= 0.3 is 0 Å². The molecule has 3 aromatic rings. The van der Waals surface area contributed by atoms with Gasteiger partial charge in [0.1, 0.15) is 11.9 Å². The van der Waals surface area contributed by atoms with Gasteiger partial charge in [-0.3, -0.25) is 4.79 Å². The third-order valence-corrected chi connectivity index (χ3v) is 4.18. The van der Waals surface area contributed by atoms with Crippen molar-refractivity contribution in [1.29, 1.82) is 0 Å². The average Bonchev–Trinajstić information content (AvgIpc) is 3.19. The molecule has 2 aromatic carbocycles. The summed E-state index contributed by atoms with van der Waals surface area (Å²) in [4.78, 5) is 12.5. The van der Waals surface area contributed by atoms with Gasteiger partial charge in [-0.1, -0.05) is 18.2 Å². The van der Waals surface area contributed by atoms with Crippen LogP contribution < -0.4 is 5.32 Å². The molecule has 0 radical (unpaired) electrons. The van der Waals surface area contributed by atoms with Gasteiger partial charge in [-0.2, -0.15) is 5.10 Å². The molecule has 0 fully saturated rings. The molecule has 2 atom stereocenters. The third kappa shape index (κ3) is 3.81. The van der Waals surface area contributed by atoms with Crippen LogP contribution in [0, 0.1) is 5.82 Å². The van der Waals surface area contributed by atoms with Crippen molar-refractivity contribution < 1.29 is 13.9 Å². The lowest BCUT2D eigenvalue weighted by molar-refractivity contribution is 0.0625. The summed E-state index contributed by atoms with van der Waals surface area (Å²) >= 11 is 0. The van der Waals surface area contributed by atoms with E-state index in [2.05, 4.69) is 10.4 Å². The highest BCUT2D eigenvalue weighted by atomic mass is 19.1. The number of carbonyl (C=O) groups is 1. The first kappa shape index (κ1) is 17.8. The smallest absolute Gasteiger partial charge is 0.251 e. The molecule has 5 nitrogen and oxygen atoms in total. The molecule has 1 aromatic heterocycles. The maximum atomic E-state index is 14.0. The predicted octanol–water partition coefficient (Wildman–Crippen LogP) is 3.52. The van der Waals surface area contributed by atoms with E-state index in [0.717, 1.165) is 5.69 Å². The van der Waals surface area contributed by atoms with Crippen molar-refractivity contribution >= 4 is 5.91 Å². The van der Waals surface area contributed by atoms with Crippen LogP contribution in [0.1, 0.15) is 28.9 Å². The normalized spacial score (nSPS) is 13.2. The quantitative estimate of drug-likeness (QED) is 0.738. The zero-order chi connectivity index (χ0) is 18.5. The van der Waals surface area contributed by atoms with Crippen LogP contribution in [0.3, 0.4) is 0 Å². The molecule has 3 rings (SSSR count). The van der Waals surface area contributed by atoms with Crippen molar-refractivity contribution in [2.24, 2.45) is 0 Å². The van der Waals surface area contributed by atoms with Crippen LogP contribution in [0.15, 0.2) is 67.0 Å². The monoisotopic (exact) mass is 353 g/mol. The van der Waals surface area contributed by atoms with Crippen LogP contribution in [-0.4, -0.2) is 28.8 Å². The molecule has 1 N–H and O–H groups in total. The van der Waals surface area contributed by atoms with Gasteiger partial charge in [-0.05, 0) is 43.3 Å². The van der Waals surface area contributed by atoms with Crippen molar-refractivity contribution in [1.82, 2.24) is 15.1 Å². The summed E-state index contributed by atoms with van der Waals surface area (Å²) in [7, 11) is 1.50. The van der Waals surface area contributed by atoms with E-state index in [1.807, 2.05) is 24.4 Å². The van der Waals surface area contributed by atoms with E-state index in [9.17, 15) is 9.18 Å². The zero-order valence-corrected chi connectivity index (χ0v) is 14.6. The number of nitrogens with one attached hydrogen (secondary N) is 1. The standard InChI is InChI=1S/C20H20FN3O2/c1-14(19(26-2)17-6-3-4-7-18(17)21)23-20(25)15-8-10-16(11-9-15)24-13-5-12-22-24/h3-14,19H,1-2H3,(H,23,25). The number of halogens is 1. The maximum Gasteiger partial charge on any atom is 0.251 e. The fourth-order valence-electron chi connectivity index (χ4n) is 2.86. The van der Waals surface area contributed by atoms with Crippen molar-refractivity contribution in [3.63, 3.8) is 0 Å². The summed E-state index contributed by atoms with van der Waals surface area (Å²) in [6.45, 7) is 1.79. The molecule has 1 amide bonds. The van der Waals surface area contributed by atoms with Crippen molar-refractivity contribution in [3.05, 3.63) is 83.9 Å². The molecule has 0 aliphatic heterocycles. The molecule has 0 saturated heterocycles. The second kappa shape index (κ2) is 7.93. The van der Waals surface area contributed by atoms with Crippen LogP contribution in [0.25, 0.3) is 5.69 Å². The summed E-state index contributed by atoms with van der Waals surface area (Å²) in [6, 6.07) is 14.9. The number of benzene rings is 2. The molecular formula is C20H20FN3O2. The van der Waals surface area contributed by atoms with E-state index in [0.29, 0.717) is 11.1 Å². The first-order valence-corrected chi connectivity index (χ1v) is 8.28. The fourth-order valence-corrected chi connectivity index (χ4v) is 2.86. The van der Waals surface area contributed by atoms with E-state index < -0.39 is 12.1 Å². The van der Waals surface area contributed by atoms with Crippen LogP contribution in [0.5, 0.6) is 0 Å². The first-order chi connectivity index (χ1) is 12.6. The van der Waals surface area contributed by atoms with Gasteiger partial charge < -0.3 is 10.1 Å². The minimum Gasteiger partial charge on any atom is -0.375 e. The molecule has 26 heavy (non-hydrogen) atoms. The van der Waals surface area contributed by atoms with Crippen LogP contribution >= 0.6 is 0 Å². The lowest BCUT2D eigenvalue weighted by Crippen LogP contribution is -2.38. The Morgan fingerprint density at radius 2 is 1.88 bits per heavy atom. The molecule has 134 valence electrons. The topological polar surface area (TPSA) is 56.1 Å². The second-order valence-electron chi connectivity index (χ2n) is 5.94. The Bertz CT molecular complexity index is 863. The molecule has 2 unspecified atom stereocenters. The Kier molecular flexibility index (Phi) is 5.43. The van der Waals surface area contributed by atoms with E-state index >= 15 is 0 Å². The molecule has 0 aliphatic carbocycles. The zero-order valence-electron chi connectivity index (χ0n) is 14.6. The van der Waals surface area contributed by atoms with Crippen LogP contribution in [-0.2, 0) is 4.74 Å². The number of rotatable bonds is 6. The molecule has 1 heterocycles. The SMILES string of the molecule is COC(c1ccccc1F)C(C)NC(=O)c1ccc(-n2cccn2)cc1. The predicted molar refractivity (Wildman–Crippen MR) is 96.6 cm³/mol. The average molecular weight is 353 g/mol. The fraction of sp³-hybridized carbons (Fsp3) is 0.200. The Morgan fingerprint density at radius 3 is 2.50 bits per heavy atom. The number of ether oxygens (including phenoxy) is 1. The van der Waals surface area contributed by atoms with Gasteiger partial charge in [0.05, 0.1) is 11.7 Å². The Balaban J connectivity index is 1.71. The maximum absolute atomic E-state index is 14.0. The lowest BCUT2D eigenvalue weighted by atomic mass is 10.0. The summed E-state index contributed by atoms with van der Waals surface area (Å²) < 4.78 is 21.2. The van der Waals surface area contributed by atoms with Crippen molar-refractivity contribution in [2.45, 2.75) is 19.1 Å².